The molecule has 3 aliphatic rings. The van der Waals surface area contributed by atoms with Crippen molar-refractivity contribution in [3.05, 3.63) is 135 Å². The molecule has 2 aromatic carbocycles. The quantitative estimate of drug-likeness (QED) is 0.0519. The van der Waals surface area contributed by atoms with E-state index in [1.54, 1.807) is 49.6 Å². The zero-order valence-corrected chi connectivity index (χ0v) is 50.0. The number of nitrogens with zero attached hydrogens (tertiary/aromatic N) is 10. The van der Waals surface area contributed by atoms with E-state index < -0.39 is 13.5 Å². The van der Waals surface area contributed by atoms with Crippen molar-refractivity contribution in [2.75, 3.05) is 0 Å². The molecule has 0 amide bonds. The van der Waals surface area contributed by atoms with Crippen molar-refractivity contribution in [1.29, 1.82) is 0 Å². The average molecular weight is 1170 g/mol. The molecule has 6 aromatic rings. The fourth-order valence-electron chi connectivity index (χ4n) is 9.36. The number of fused-ring (bicyclic) bond motifs is 9. The summed E-state index contributed by atoms with van der Waals surface area (Å²) in [4.78, 5) is 17.4. The molecule has 440 valence electrons. The summed E-state index contributed by atoms with van der Waals surface area (Å²) in [5.41, 5.74) is 11.1. The Morgan fingerprint density at radius 2 is 0.458 bits per heavy atom. The van der Waals surface area contributed by atoms with Gasteiger partial charge in [0.25, 0.3) is 0 Å². The average Bonchev–Trinajstić information content (AvgIpc) is 3.58. The van der Waals surface area contributed by atoms with E-state index in [0.717, 1.165) is 122 Å². The Balaban J connectivity index is 0.00000420. The standard InChI is InChI=1S/C62H76B2N10O6.Fe.2H2O/c1-7-13-19-57-58(20-14-8-2)70-76-64(56-45-53(49-29-37-67-38-30-49)42-54(46-56)50-31-39-68-40-32-50)79-73-61(23-17-11-5)59(21-15-9-3)71-77-63(75-69-57,78-72-60(22-16-10-4)62(74-80-64)24-18-12-6)55-43-51(47-25-33-65-34-26-47)41-52(44-55)48-27-35-66-36-28-48;;;/h25-46H,7-24H2,1-6H3;;2*1H2/q-2;+2;;/b69-57+,70-58+,71-59+,72-60+,73-61+,74-62+;;;. The van der Waals surface area contributed by atoms with Crippen LogP contribution in [0.3, 0.4) is 0 Å². The van der Waals surface area contributed by atoms with Gasteiger partial charge in [-0.05, 0) is 182 Å². The van der Waals surface area contributed by atoms with Crippen LogP contribution in [0.5, 0.6) is 0 Å². The van der Waals surface area contributed by atoms with Crippen molar-refractivity contribution in [2.24, 2.45) is 30.9 Å². The van der Waals surface area contributed by atoms with Gasteiger partial charge in [-0.1, -0.05) is 115 Å². The summed E-state index contributed by atoms with van der Waals surface area (Å²) in [6, 6.07) is 27.9. The van der Waals surface area contributed by atoms with Crippen molar-refractivity contribution in [2.45, 2.75) is 157 Å². The zero-order chi connectivity index (χ0) is 55.8. The maximum absolute atomic E-state index is 7.11. The molecule has 0 unspecified atom stereocenters. The Morgan fingerprint density at radius 3 is 0.627 bits per heavy atom. The van der Waals surface area contributed by atoms with Crippen LogP contribution in [-0.4, -0.2) is 78.7 Å². The van der Waals surface area contributed by atoms with E-state index >= 15 is 0 Å². The number of oxime groups is 6. The third-order valence-corrected chi connectivity index (χ3v) is 14.2. The van der Waals surface area contributed by atoms with Crippen molar-refractivity contribution in [1.82, 2.24) is 19.9 Å². The molecule has 9 rings (SSSR count). The SMILES string of the molecule is CCCCC1=N\O[B-]2(c3cc(-c4ccncc4)cc(-c4ccncc4)c3)O/N=C(CCCC)/C(CCCC)=N/O[B-](c3cc(-c4ccncc4)cc(-c4ccncc4)c3)(O\N=C\1CCCC)O/N=C(CCCC)/C(CCCC)=N/O2.O.O.[Fe+2]. The molecule has 0 atom stereocenters. The third-order valence-electron chi connectivity index (χ3n) is 14.2. The van der Waals surface area contributed by atoms with E-state index in [1.807, 2.05) is 72.8 Å². The molecule has 4 N–H and O–H groups in total. The van der Waals surface area contributed by atoms with Gasteiger partial charge < -0.3 is 39.5 Å². The minimum atomic E-state index is -3.32. The van der Waals surface area contributed by atoms with Crippen molar-refractivity contribution < 1.29 is 56.6 Å². The maximum Gasteiger partial charge on any atom is 2.00 e. The third kappa shape index (κ3) is 17.7. The second-order valence-corrected chi connectivity index (χ2v) is 20.4. The van der Waals surface area contributed by atoms with Gasteiger partial charge in [-0.15, -0.1) is 30.9 Å². The number of hydrogen-bond acceptors (Lipinski definition) is 16. The van der Waals surface area contributed by atoms with Crippen LogP contribution in [0.4, 0.5) is 0 Å². The summed E-state index contributed by atoms with van der Waals surface area (Å²) < 4.78 is 42.7. The van der Waals surface area contributed by atoms with Gasteiger partial charge in [-0.2, -0.15) is 0 Å². The smallest absolute Gasteiger partial charge is 0.536 e. The van der Waals surface area contributed by atoms with Crippen LogP contribution in [0.15, 0.2) is 165 Å². The minimum Gasteiger partial charge on any atom is -0.536 e. The summed E-state index contributed by atoms with van der Waals surface area (Å²) in [5.74, 6) is 0. The van der Waals surface area contributed by atoms with Crippen LogP contribution in [-0.2, 0) is 45.6 Å². The topological polar surface area (TPSA) is 244 Å². The second-order valence-electron chi connectivity index (χ2n) is 20.4. The Morgan fingerprint density at radius 1 is 0.277 bits per heavy atom. The second kappa shape index (κ2) is 34.1. The minimum absolute atomic E-state index is 0. The number of aromatic nitrogens is 4. The van der Waals surface area contributed by atoms with Gasteiger partial charge in [0, 0.05) is 49.6 Å². The molecule has 0 saturated carbocycles. The van der Waals surface area contributed by atoms with E-state index in [-0.39, 0.29) is 28.0 Å². The van der Waals surface area contributed by atoms with Crippen LogP contribution in [0.25, 0.3) is 44.5 Å². The molecule has 2 bridgehead atoms. The summed E-state index contributed by atoms with van der Waals surface area (Å²) >= 11 is 0. The van der Waals surface area contributed by atoms with Crippen molar-refractivity contribution in [3.63, 3.8) is 0 Å². The maximum atomic E-state index is 7.11. The summed E-state index contributed by atoms with van der Waals surface area (Å²) in [7, 11) is 0. The van der Waals surface area contributed by atoms with Crippen LogP contribution < -0.4 is 10.9 Å². The van der Waals surface area contributed by atoms with Gasteiger partial charge in [0.1, 0.15) is 0 Å². The Labute approximate surface area is 499 Å². The number of pyridine rings is 4. The fraction of sp³-hybridized carbons (Fsp3) is 0.387. The molecular weight excluding hydrogens is 1090 g/mol. The Hall–Kier alpha value is -7.57. The molecule has 0 aliphatic carbocycles. The normalized spacial score (nSPS) is 20.8. The van der Waals surface area contributed by atoms with Gasteiger partial charge in [0.15, 0.2) is 0 Å². The first-order valence-electron chi connectivity index (χ1n) is 29.0. The first-order chi connectivity index (χ1) is 39.3. The largest absolute Gasteiger partial charge is 2.00 e. The molecule has 83 heavy (non-hydrogen) atoms. The molecule has 0 saturated heterocycles. The molecule has 21 heteroatoms. The van der Waals surface area contributed by atoms with Crippen LogP contribution >= 0.6 is 0 Å². The van der Waals surface area contributed by atoms with Gasteiger partial charge in [-0.3, -0.25) is 19.9 Å². The van der Waals surface area contributed by atoms with E-state index in [2.05, 4.69) is 73.6 Å². The molecule has 0 radical (unpaired) electrons. The van der Waals surface area contributed by atoms with E-state index in [4.69, 9.17) is 59.5 Å². The molecule has 18 nitrogen and oxygen atoms in total. The molecule has 0 fully saturated rings. The zero-order valence-electron chi connectivity index (χ0n) is 48.9. The van der Waals surface area contributed by atoms with Crippen LogP contribution in [0.2, 0.25) is 0 Å². The first kappa shape index (κ1) is 66.2. The molecule has 7 heterocycles. The molecule has 0 spiro atoms. The predicted molar refractivity (Wildman–Crippen MR) is 332 cm³/mol. The first-order valence-corrected chi connectivity index (χ1v) is 29.0. The van der Waals surface area contributed by atoms with Gasteiger partial charge >= 0.3 is 30.6 Å². The number of rotatable bonds is 24. The monoisotopic (exact) mass is 1170 g/mol. The number of unbranched alkanes of at least 4 members (excludes halogenated alkanes) is 6. The number of benzene rings is 2. The Bertz CT molecular complexity index is 2670. The van der Waals surface area contributed by atoms with E-state index in [0.29, 0.717) is 83.7 Å². The fourth-order valence-corrected chi connectivity index (χ4v) is 9.36. The summed E-state index contributed by atoms with van der Waals surface area (Å²) in [5, 5.41) is 30.8. The molecule has 4 aromatic heterocycles. The summed E-state index contributed by atoms with van der Waals surface area (Å²) in [6.07, 6.45) is 26.6. The van der Waals surface area contributed by atoms with Gasteiger partial charge in [-0.25, -0.2) is 0 Å². The van der Waals surface area contributed by atoms with Crippen LogP contribution in [0, 0.1) is 0 Å². The van der Waals surface area contributed by atoms with E-state index in [9.17, 15) is 0 Å². The molecular formula is C62H80B2FeN10O8. The van der Waals surface area contributed by atoms with E-state index in [1.165, 1.54) is 0 Å². The molecule has 3 aliphatic heterocycles. The van der Waals surface area contributed by atoms with Gasteiger partial charge in [0.2, 0.25) is 0 Å². The van der Waals surface area contributed by atoms with Gasteiger partial charge in [0.05, 0.1) is 34.3 Å². The van der Waals surface area contributed by atoms with Crippen molar-refractivity contribution >= 4 is 58.7 Å². The predicted octanol–water partition coefficient (Wildman–Crippen LogP) is 12.7. The number of hydrogen-bond donors (Lipinski definition) is 0. The van der Waals surface area contributed by atoms with Crippen LogP contribution in [0.1, 0.15) is 157 Å². The summed E-state index contributed by atoms with van der Waals surface area (Å²) in [6.45, 7) is 6.17. The Kier molecular flexibility index (Phi) is 27.2. The van der Waals surface area contributed by atoms with Crippen molar-refractivity contribution in [3.8, 4) is 44.5 Å².